The van der Waals surface area contributed by atoms with Gasteiger partial charge < -0.3 is 4.90 Å². The van der Waals surface area contributed by atoms with Crippen molar-refractivity contribution < 1.29 is 4.92 Å². The standard InChI is InChI=1S/C18H17N4O2/c1-3-21(4-2)18-15-7-5-6-8-16(15)19-17(20-18)13-9-11-14(12-10-13)22(23)24/h5-11H,3-4H2,1-2H3/q+1. The van der Waals surface area contributed by atoms with Gasteiger partial charge in [0.25, 0.3) is 0 Å². The zero-order valence-corrected chi connectivity index (χ0v) is 13.6. The first-order valence-corrected chi connectivity index (χ1v) is 7.82. The minimum atomic E-state index is -0.466. The Hall–Kier alpha value is -3.11. The molecule has 1 heterocycles. The summed E-state index contributed by atoms with van der Waals surface area (Å²) in [7, 11) is 0. The van der Waals surface area contributed by atoms with Crippen molar-refractivity contribution in [2.45, 2.75) is 13.8 Å². The number of para-hydroxylation sites is 1. The molecular formula is C18H17N4O2+. The highest BCUT2D eigenvalue weighted by molar-refractivity contribution is 5.91. The van der Waals surface area contributed by atoms with Gasteiger partial charge in [0.1, 0.15) is 34.5 Å². The van der Waals surface area contributed by atoms with Gasteiger partial charge in [-0.15, -0.1) is 0 Å². The van der Waals surface area contributed by atoms with E-state index < -0.39 is 4.92 Å². The summed E-state index contributed by atoms with van der Waals surface area (Å²) in [4.78, 5) is 21.8. The summed E-state index contributed by atoms with van der Waals surface area (Å²) in [6.45, 7) is 5.84. The number of hydrogen-bond donors (Lipinski definition) is 0. The van der Waals surface area contributed by atoms with E-state index in [-0.39, 0.29) is 5.70 Å². The molecule has 2 aromatic rings. The predicted molar refractivity (Wildman–Crippen MR) is 94.0 cm³/mol. The monoisotopic (exact) mass is 321 g/mol. The first-order chi connectivity index (χ1) is 11.6. The average Bonchev–Trinajstić information content (AvgIpc) is 2.62. The molecule has 0 saturated carbocycles. The molecule has 0 bridgehead atoms. The van der Waals surface area contributed by atoms with E-state index >= 15 is 0 Å². The summed E-state index contributed by atoms with van der Waals surface area (Å²) in [5.41, 5.74) is 1.49. The summed E-state index contributed by atoms with van der Waals surface area (Å²) in [6, 6.07) is 7.86. The third kappa shape index (κ3) is 2.87. The number of nitro groups is 1. The number of benzene rings is 1. The first-order valence-electron chi connectivity index (χ1n) is 7.82. The number of rotatable bonds is 5. The first kappa shape index (κ1) is 15.8. The van der Waals surface area contributed by atoms with Crippen LogP contribution in [0.2, 0.25) is 0 Å². The van der Waals surface area contributed by atoms with Crippen molar-refractivity contribution in [3.05, 3.63) is 70.2 Å². The Bertz CT molecular complexity index is 880. The van der Waals surface area contributed by atoms with Crippen molar-refractivity contribution in [3.63, 3.8) is 0 Å². The molecular weight excluding hydrogens is 304 g/mol. The zero-order valence-electron chi connectivity index (χ0n) is 13.6. The van der Waals surface area contributed by atoms with Crippen LogP contribution in [-0.4, -0.2) is 28.0 Å². The predicted octanol–water partition coefficient (Wildman–Crippen LogP) is 3.39. The number of hydrogen-bond acceptors (Lipinski definition) is 5. The van der Waals surface area contributed by atoms with Gasteiger partial charge in [0, 0.05) is 18.5 Å². The van der Waals surface area contributed by atoms with Gasteiger partial charge in [-0.3, -0.25) is 10.1 Å². The van der Waals surface area contributed by atoms with E-state index in [1.807, 2.05) is 24.3 Å². The highest BCUT2D eigenvalue weighted by Gasteiger charge is 2.23. The van der Waals surface area contributed by atoms with Gasteiger partial charge in [0.2, 0.25) is 5.82 Å². The minimum Gasteiger partial charge on any atom is -0.357 e. The van der Waals surface area contributed by atoms with E-state index in [9.17, 15) is 10.1 Å². The van der Waals surface area contributed by atoms with Crippen molar-refractivity contribution in [3.8, 4) is 0 Å². The highest BCUT2D eigenvalue weighted by atomic mass is 16.6. The average molecular weight is 321 g/mol. The maximum atomic E-state index is 10.8. The number of nitrogens with zero attached hydrogens (tertiary/aromatic N) is 4. The molecule has 0 saturated heterocycles. The molecule has 3 rings (SSSR count). The SMILES string of the molecule is CCN(CC)c1nc(C2=C[C+]=C([N+](=O)[O-])C=C2)nc2ccccc12. The molecule has 120 valence electrons. The second kappa shape index (κ2) is 6.56. The molecule has 1 aliphatic carbocycles. The number of fused-ring (bicyclic) bond motifs is 1. The molecule has 24 heavy (non-hydrogen) atoms. The van der Waals surface area contributed by atoms with Gasteiger partial charge in [0.15, 0.2) is 0 Å². The van der Waals surface area contributed by atoms with Crippen molar-refractivity contribution in [1.82, 2.24) is 9.97 Å². The summed E-state index contributed by atoms with van der Waals surface area (Å²) in [6.07, 6.45) is 7.31. The van der Waals surface area contributed by atoms with E-state index in [4.69, 9.17) is 4.98 Å². The van der Waals surface area contributed by atoms with E-state index in [1.165, 1.54) is 6.08 Å². The summed E-state index contributed by atoms with van der Waals surface area (Å²) >= 11 is 0. The van der Waals surface area contributed by atoms with Gasteiger partial charge in [-0.2, -0.15) is 4.98 Å². The molecule has 1 aromatic heterocycles. The Morgan fingerprint density at radius 1 is 1.17 bits per heavy atom. The summed E-state index contributed by atoms with van der Waals surface area (Å²) in [5.74, 6) is 1.42. The molecule has 6 nitrogen and oxygen atoms in total. The third-order valence-electron chi connectivity index (χ3n) is 3.90. The molecule has 0 atom stereocenters. The van der Waals surface area contributed by atoms with Crippen LogP contribution in [0.4, 0.5) is 5.82 Å². The van der Waals surface area contributed by atoms with Gasteiger partial charge >= 0.3 is 5.70 Å². The Balaban J connectivity index is 2.14. The van der Waals surface area contributed by atoms with E-state index in [0.717, 1.165) is 29.8 Å². The van der Waals surface area contributed by atoms with Gasteiger partial charge in [-0.25, -0.2) is 4.98 Å². The molecule has 0 N–H and O–H groups in total. The van der Waals surface area contributed by atoms with Crippen molar-refractivity contribution in [2.75, 3.05) is 18.0 Å². The van der Waals surface area contributed by atoms with Crippen molar-refractivity contribution >= 4 is 22.3 Å². The Kier molecular flexibility index (Phi) is 4.31. The fourth-order valence-corrected chi connectivity index (χ4v) is 2.62. The molecule has 6 heteroatoms. The molecule has 1 aromatic carbocycles. The fourth-order valence-electron chi connectivity index (χ4n) is 2.62. The van der Waals surface area contributed by atoms with Crippen LogP contribution in [0.5, 0.6) is 0 Å². The Morgan fingerprint density at radius 3 is 2.54 bits per heavy atom. The smallest absolute Gasteiger partial charge is 0.357 e. The van der Waals surface area contributed by atoms with Crippen LogP contribution < -0.4 is 4.90 Å². The Labute approximate surface area is 140 Å². The second-order valence-corrected chi connectivity index (χ2v) is 5.28. The number of anilines is 1. The Morgan fingerprint density at radius 2 is 1.92 bits per heavy atom. The zero-order chi connectivity index (χ0) is 17.1. The molecule has 1 aliphatic rings. The summed E-state index contributed by atoms with van der Waals surface area (Å²) < 4.78 is 0. The lowest BCUT2D eigenvalue weighted by molar-refractivity contribution is -0.419. The number of aromatic nitrogens is 2. The van der Waals surface area contributed by atoms with Gasteiger partial charge in [0.05, 0.1) is 11.6 Å². The van der Waals surface area contributed by atoms with E-state index in [2.05, 4.69) is 29.8 Å². The minimum absolute atomic E-state index is 0.0662. The molecule has 0 amide bonds. The van der Waals surface area contributed by atoms with Crippen LogP contribution in [0.15, 0.2) is 48.2 Å². The summed E-state index contributed by atoms with van der Waals surface area (Å²) in [5, 5.41) is 11.8. The van der Waals surface area contributed by atoms with Crippen LogP contribution in [0.1, 0.15) is 19.7 Å². The van der Waals surface area contributed by atoms with Crippen molar-refractivity contribution in [1.29, 1.82) is 0 Å². The second-order valence-electron chi connectivity index (χ2n) is 5.28. The lowest BCUT2D eigenvalue weighted by Gasteiger charge is -2.21. The quantitative estimate of drug-likeness (QED) is 0.479. The van der Waals surface area contributed by atoms with Crippen LogP contribution >= 0.6 is 0 Å². The molecule has 0 unspecified atom stereocenters. The molecule has 0 aliphatic heterocycles. The maximum absolute atomic E-state index is 10.8. The van der Waals surface area contributed by atoms with Crippen LogP contribution in [0, 0.1) is 16.2 Å². The van der Waals surface area contributed by atoms with E-state index in [0.29, 0.717) is 11.4 Å². The lowest BCUT2D eigenvalue weighted by atomic mass is 10.1. The van der Waals surface area contributed by atoms with Gasteiger partial charge in [-0.1, -0.05) is 12.1 Å². The molecule has 0 spiro atoms. The highest BCUT2D eigenvalue weighted by Crippen LogP contribution is 2.27. The number of allylic oxidation sites excluding steroid dienone is 5. The normalized spacial score (nSPS) is 13.2. The van der Waals surface area contributed by atoms with Crippen molar-refractivity contribution in [2.24, 2.45) is 0 Å². The molecule has 0 fully saturated rings. The molecule has 0 radical (unpaired) electrons. The van der Waals surface area contributed by atoms with E-state index in [1.54, 1.807) is 12.2 Å². The topological polar surface area (TPSA) is 72.2 Å². The fraction of sp³-hybridized carbons (Fsp3) is 0.222. The largest absolute Gasteiger partial charge is 0.427 e. The third-order valence-corrected chi connectivity index (χ3v) is 3.90. The van der Waals surface area contributed by atoms with Gasteiger partial charge in [-0.05, 0) is 26.0 Å². The van der Waals surface area contributed by atoms with Crippen LogP contribution in [0.25, 0.3) is 16.5 Å². The van der Waals surface area contributed by atoms with Crippen LogP contribution in [0.3, 0.4) is 0 Å². The maximum Gasteiger partial charge on any atom is 0.427 e. The van der Waals surface area contributed by atoms with Crippen LogP contribution in [-0.2, 0) is 0 Å². The lowest BCUT2D eigenvalue weighted by Crippen LogP contribution is -2.24.